The minimum absolute atomic E-state index is 0.0667. The lowest BCUT2D eigenvalue weighted by molar-refractivity contribution is -0.120. The van der Waals surface area contributed by atoms with Crippen LogP contribution in [0.1, 0.15) is 44.6 Å². The summed E-state index contributed by atoms with van der Waals surface area (Å²) in [5.74, 6) is 0.532. The molecule has 0 spiro atoms. The highest BCUT2D eigenvalue weighted by molar-refractivity contribution is 5.98. The Kier molecular flexibility index (Phi) is 4.02. The Bertz CT molecular complexity index is 430. The van der Waals surface area contributed by atoms with Gasteiger partial charge in [-0.05, 0) is 36.8 Å². The van der Waals surface area contributed by atoms with Gasteiger partial charge in [0.15, 0.2) is 0 Å². The van der Waals surface area contributed by atoms with Crippen molar-refractivity contribution in [3.05, 3.63) is 29.8 Å². The van der Waals surface area contributed by atoms with Gasteiger partial charge in [-0.2, -0.15) is 0 Å². The molecule has 1 saturated heterocycles. The normalized spacial score (nSPS) is 22.1. The maximum absolute atomic E-state index is 12.2. The molecule has 98 valence electrons. The minimum Gasteiger partial charge on any atom is -0.320 e. The molecule has 1 amide bonds. The number of piperidine rings is 1. The van der Waals surface area contributed by atoms with Crippen molar-refractivity contribution in [2.75, 3.05) is 11.4 Å². The predicted octanol–water partition coefficient (Wildman–Crippen LogP) is 2.65. The zero-order valence-electron chi connectivity index (χ0n) is 11.2. The molecule has 2 N–H and O–H groups in total. The molecule has 3 nitrogen and oxygen atoms in total. The number of rotatable bonds is 3. The van der Waals surface area contributed by atoms with E-state index < -0.39 is 0 Å². The molecule has 0 bridgehead atoms. The monoisotopic (exact) mass is 246 g/mol. The molecule has 2 rings (SSSR count). The number of nitrogens with zero attached hydrogens (tertiary/aromatic N) is 1. The van der Waals surface area contributed by atoms with Crippen LogP contribution in [0.3, 0.4) is 0 Å². The van der Waals surface area contributed by atoms with E-state index >= 15 is 0 Å². The Hall–Kier alpha value is -1.35. The van der Waals surface area contributed by atoms with E-state index in [-0.39, 0.29) is 11.9 Å². The van der Waals surface area contributed by atoms with Gasteiger partial charge in [0.2, 0.25) is 5.91 Å². The fourth-order valence-electron chi connectivity index (χ4n) is 2.51. The number of benzene rings is 1. The lowest BCUT2D eigenvalue weighted by atomic mass is 9.95. The van der Waals surface area contributed by atoms with Crippen LogP contribution in [-0.2, 0) is 4.79 Å². The molecule has 2 atom stereocenters. The van der Waals surface area contributed by atoms with Crippen LogP contribution in [0.15, 0.2) is 24.3 Å². The lowest BCUT2D eigenvalue weighted by Gasteiger charge is -2.32. The highest BCUT2D eigenvalue weighted by atomic mass is 16.2. The van der Waals surface area contributed by atoms with Gasteiger partial charge in [0.05, 0.1) is 6.04 Å². The summed E-state index contributed by atoms with van der Waals surface area (Å²) in [6.07, 6.45) is 2.87. The van der Waals surface area contributed by atoms with Gasteiger partial charge in [-0.3, -0.25) is 4.79 Å². The van der Waals surface area contributed by atoms with E-state index in [0.29, 0.717) is 5.92 Å². The molecular formula is C15H22N2O. The summed E-state index contributed by atoms with van der Waals surface area (Å²) in [5, 5.41) is 0. The van der Waals surface area contributed by atoms with Crippen molar-refractivity contribution in [2.24, 2.45) is 5.73 Å². The van der Waals surface area contributed by atoms with E-state index in [4.69, 9.17) is 5.73 Å². The lowest BCUT2D eigenvalue weighted by Crippen LogP contribution is -2.48. The van der Waals surface area contributed by atoms with Crippen molar-refractivity contribution in [1.29, 1.82) is 0 Å². The largest absolute Gasteiger partial charge is 0.320 e. The fraction of sp³-hybridized carbons (Fsp3) is 0.533. The summed E-state index contributed by atoms with van der Waals surface area (Å²) in [6, 6.07) is 7.87. The first-order chi connectivity index (χ1) is 8.65. The molecule has 3 heteroatoms. The van der Waals surface area contributed by atoms with Gasteiger partial charge in [0, 0.05) is 12.2 Å². The van der Waals surface area contributed by atoms with E-state index in [9.17, 15) is 4.79 Å². The minimum atomic E-state index is -0.330. The number of amides is 1. The number of hydrogen-bond donors (Lipinski definition) is 1. The van der Waals surface area contributed by atoms with Gasteiger partial charge in [-0.15, -0.1) is 0 Å². The molecule has 0 radical (unpaired) electrons. The summed E-state index contributed by atoms with van der Waals surface area (Å²) in [4.78, 5) is 14.1. The molecule has 1 aromatic rings. The van der Waals surface area contributed by atoms with Crippen molar-refractivity contribution in [2.45, 2.75) is 45.1 Å². The SMILES string of the molecule is CCC(C)c1ccccc1N1CCCC(N)C1=O. The first-order valence-electron chi connectivity index (χ1n) is 6.81. The smallest absolute Gasteiger partial charge is 0.243 e. The van der Waals surface area contributed by atoms with Crippen molar-refractivity contribution in [3.63, 3.8) is 0 Å². The van der Waals surface area contributed by atoms with Gasteiger partial charge in [0.25, 0.3) is 0 Å². The zero-order valence-corrected chi connectivity index (χ0v) is 11.2. The van der Waals surface area contributed by atoms with Crippen molar-refractivity contribution in [3.8, 4) is 0 Å². The van der Waals surface area contributed by atoms with Crippen LogP contribution in [0.4, 0.5) is 5.69 Å². The number of anilines is 1. The number of nitrogens with two attached hydrogens (primary N) is 1. The maximum Gasteiger partial charge on any atom is 0.243 e. The molecule has 1 aliphatic rings. The van der Waals surface area contributed by atoms with Crippen LogP contribution in [0, 0.1) is 0 Å². The Morgan fingerprint density at radius 3 is 2.89 bits per heavy atom. The predicted molar refractivity (Wildman–Crippen MR) is 74.7 cm³/mol. The van der Waals surface area contributed by atoms with Crippen LogP contribution >= 0.6 is 0 Å². The van der Waals surface area contributed by atoms with E-state index in [1.165, 1.54) is 5.56 Å². The average Bonchev–Trinajstić information content (AvgIpc) is 2.41. The van der Waals surface area contributed by atoms with Crippen LogP contribution in [-0.4, -0.2) is 18.5 Å². The molecule has 18 heavy (non-hydrogen) atoms. The molecule has 0 aliphatic carbocycles. The number of para-hydroxylation sites is 1. The molecule has 2 unspecified atom stereocenters. The summed E-state index contributed by atoms with van der Waals surface area (Å²) in [6.45, 7) is 5.17. The van der Waals surface area contributed by atoms with Gasteiger partial charge >= 0.3 is 0 Å². The van der Waals surface area contributed by atoms with Crippen molar-refractivity contribution in [1.82, 2.24) is 0 Å². The average molecular weight is 246 g/mol. The third-order valence-electron chi connectivity index (χ3n) is 3.85. The quantitative estimate of drug-likeness (QED) is 0.891. The van der Waals surface area contributed by atoms with Gasteiger partial charge in [-0.1, -0.05) is 32.0 Å². The van der Waals surface area contributed by atoms with Crippen molar-refractivity contribution < 1.29 is 4.79 Å². The molecule has 1 aliphatic heterocycles. The van der Waals surface area contributed by atoms with Crippen LogP contribution in [0.25, 0.3) is 0 Å². The second-order valence-electron chi connectivity index (χ2n) is 5.11. The Balaban J connectivity index is 2.35. The van der Waals surface area contributed by atoms with E-state index in [2.05, 4.69) is 19.9 Å². The summed E-state index contributed by atoms with van der Waals surface area (Å²) < 4.78 is 0. The number of carbonyl (C=O) groups excluding carboxylic acids is 1. The first kappa shape index (κ1) is 13.1. The van der Waals surface area contributed by atoms with E-state index in [0.717, 1.165) is 31.5 Å². The highest BCUT2D eigenvalue weighted by Gasteiger charge is 2.28. The third-order valence-corrected chi connectivity index (χ3v) is 3.85. The fourth-order valence-corrected chi connectivity index (χ4v) is 2.51. The Morgan fingerprint density at radius 1 is 1.44 bits per heavy atom. The summed E-state index contributed by atoms with van der Waals surface area (Å²) in [7, 11) is 0. The first-order valence-corrected chi connectivity index (χ1v) is 6.81. The van der Waals surface area contributed by atoms with Gasteiger partial charge in [-0.25, -0.2) is 0 Å². The molecule has 1 fully saturated rings. The second kappa shape index (κ2) is 5.53. The van der Waals surface area contributed by atoms with Gasteiger partial charge < -0.3 is 10.6 Å². The summed E-state index contributed by atoms with van der Waals surface area (Å²) >= 11 is 0. The Morgan fingerprint density at radius 2 is 2.17 bits per heavy atom. The van der Waals surface area contributed by atoms with Crippen LogP contribution < -0.4 is 10.6 Å². The molecule has 1 aromatic carbocycles. The van der Waals surface area contributed by atoms with Gasteiger partial charge in [0.1, 0.15) is 0 Å². The molecular weight excluding hydrogens is 224 g/mol. The Labute approximate surface area is 109 Å². The molecule has 0 aromatic heterocycles. The van der Waals surface area contributed by atoms with Crippen LogP contribution in [0.5, 0.6) is 0 Å². The van der Waals surface area contributed by atoms with Crippen LogP contribution in [0.2, 0.25) is 0 Å². The zero-order chi connectivity index (χ0) is 13.1. The second-order valence-corrected chi connectivity index (χ2v) is 5.11. The third kappa shape index (κ3) is 2.41. The number of carbonyl (C=O) groups is 1. The standard InChI is InChI=1S/C15H22N2O/c1-3-11(2)12-7-4-5-9-14(12)17-10-6-8-13(16)15(17)18/h4-5,7,9,11,13H,3,6,8,10,16H2,1-2H3. The maximum atomic E-state index is 12.2. The molecule has 0 saturated carbocycles. The summed E-state index contributed by atoms with van der Waals surface area (Å²) in [5.41, 5.74) is 8.17. The van der Waals surface area contributed by atoms with E-state index in [1.807, 2.05) is 23.1 Å². The van der Waals surface area contributed by atoms with Crippen molar-refractivity contribution >= 4 is 11.6 Å². The topological polar surface area (TPSA) is 46.3 Å². The molecule has 1 heterocycles. The highest BCUT2D eigenvalue weighted by Crippen LogP contribution is 2.31. The van der Waals surface area contributed by atoms with E-state index in [1.54, 1.807) is 0 Å². The number of hydrogen-bond acceptors (Lipinski definition) is 2.